The first-order valence-corrected chi connectivity index (χ1v) is 6.61. The van der Waals surface area contributed by atoms with Crippen molar-refractivity contribution in [3.8, 4) is 5.75 Å². The predicted molar refractivity (Wildman–Crippen MR) is 79.5 cm³/mol. The molecule has 0 heterocycles. The van der Waals surface area contributed by atoms with E-state index >= 15 is 0 Å². The number of hydrogen-bond acceptors (Lipinski definition) is 2. The summed E-state index contributed by atoms with van der Waals surface area (Å²) in [5.74, 6) is 0.923. The summed E-state index contributed by atoms with van der Waals surface area (Å²) >= 11 is 0. The lowest BCUT2D eigenvalue weighted by atomic mass is 10.1. The molecule has 0 spiro atoms. The molecular formula is C17H21NO. The first-order valence-electron chi connectivity index (χ1n) is 6.61. The summed E-state index contributed by atoms with van der Waals surface area (Å²) in [6.45, 7) is 5.71. The van der Waals surface area contributed by atoms with Gasteiger partial charge in [-0.15, -0.1) is 0 Å². The second-order valence-corrected chi connectivity index (χ2v) is 4.96. The maximum Gasteiger partial charge on any atom is 0.120 e. The van der Waals surface area contributed by atoms with Crippen molar-refractivity contribution in [2.24, 2.45) is 0 Å². The third-order valence-corrected chi connectivity index (χ3v) is 2.97. The van der Waals surface area contributed by atoms with Gasteiger partial charge in [0.15, 0.2) is 0 Å². The fourth-order valence-electron chi connectivity index (χ4n) is 2.27. The van der Waals surface area contributed by atoms with E-state index in [0.717, 1.165) is 12.3 Å². The molecule has 19 heavy (non-hydrogen) atoms. The van der Waals surface area contributed by atoms with Crippen LogP contribution >= 0.6 is 0 Å². The van der Waals surface area contributed by atoms with Crippen molar-refractivity contribution in [1.29, 1.82) is 0 Å². The molecule has 2 heteroatoms. The van der Waals surface area contributed by atoms with Crippen LogP contribution in [0.2, 0.25) is 0 Å². The van der Waals surface area contributed by atoms with Gasteiger partial charge in [0.1, 0.15) is 12.4 Å². The lowest BCUT2D eigenvalue weighted by Gasteiger charge is -2.09. The number of nitrogens with one attached hydrogen (secondary N) is 1. The minimum Gasteiger partial charge on any atom is -0.489 e. The molecule has 0 amide bonds. The molecule has 2 nitrogen and oxygen atoms in total. The van der Waals surface area contributed by atoms with Crippen LogP contribution in [0.25, 0.3) is 0 Å². The first-order chi connectivity index (χ1) is 9.17. The van der Waals surface area contributed by atoms with Crippen LogP contribution in [0.3, 0.4) is 0 Å². The van der Waals surface area contributed by atoms with E-state index in [1.165, 1.54) is 22.3 Å². The van der Waals surface area contributed by atoms with E-state index in [2.05, 4.69) is 49.5 Å². The van der Waals surface area contributed by atoms with Gasteiger partial charge in [-0.3, -0.25) is 0 Å². The Labute approximate surface area is 115 Å². The van der Waals surface area contributed by atoms with E-state index in [1.807, 2.05) is 19.2 Å². The van der Waals surface area contributed by atoms with Crippen LogP contribution in [-0.4, -0.2) is 7.05 Å². The Bertz CT molecular complexity index is 528. The van der Waals surface area contributed by atoms with Gasteiger partial charge in [0.2, 0.25) is 0 Å². The highest BCUT2D eigenvalue weighted by Crippen LogP contribution is 2.16. The Balaban J connectivity index is 2.03. The highest BCUT2D eigenvalue weighted by Gasteiger charge is 1.99. The third kappa shape index (κ3) is 4.11. The van der Waals surface area contributed by atoms with Crippen LogP contribution in [-0.2, 0) is 13.2 Å². The summed E-state index contributed by atoms with van der Waals surface area (Å²) in [4.78, 5) is 0. The number of benzene rings is 2. The number of ether oxygens (including phenoxy) is 1. The number of rotatable bonds is 5. The Morgan fingerprint density at radius 1 is 0.947 bits per heavy atom. The molecule has 0 atom stereocenters. The van der Waals surface area contributed by atoms with Crippen molar-refractivity contribution in [2.45, 2.75) is 27.0 Å². The zero-order chi connectivity index (χ0) is 13.7. The molecule has 0 saturated heterocycles. The molecule has 0 fully saturated rings. The van der Waals surface area contributed by atoms with E-state index in [4.69, 9.17) is 4.74 Å². The average Bonchev–Trinajstić information content (AvgIpc) is 2.36. The van der Waals surface area contributed by atoms with Crippen LogP contribution in [0, 0.1) is 13.8 Å². The van der Waals surface area contributed by atoms with Crippen LogP contribution in [0.5, 0.6) is 5.75 Å². The molecule has 1 N–H and O–H groups in total. The Hall–Kier alpha value is -1.80. The molecular weight excluding hydrogens is 234 g/mol. The summed E-state index contributed by atoms with van der Waals surface area (Å²) < 4.78 is 5.86. The largest absolute Gasteiger partial charge is 0.489 e. The standard InChI is InChI=1S/C17H21NO/c1-13-7-14(2)9-16(8-13)12-19-17-6-4-5-15(10-17)11-18-3/h4-10,18H,11-12H2,1-3H3. The van der Waals surface area contributed by atoms with E-state index in [-0.39, 0.29) is 0 Å². The predicted octanol–water partition coefficient (Wildman–Crippen LogP) is 3.60. The van der Waals surface area contributed by atoms with Gasteiger partial charge in [0.25, 0.3) is 0 Å². The van der Waals surface area contributed by atoms with Crippen molar-refractivity contribution in [1.82, 2.24) is 5.32 Å². The van der Waals surface area contributed by atoms with E-state index in [0.29, 0.717) is 6.61 Å². The van der Waals surface area contributed by atoms with Gasteiger partial charge in [-0.05, 0) is 44.2 Å². The Morgan fingerprint density at radius 2 is 1.68 bits per heavy atom. The highest BCUT2D eigenvalue weighted by molar-refractivity contribution is 5.31. The van der Waals surface area contributed by atoms with Gasteiger partial charge in [-0.1, -0.05) is 41.5 Å². The van der Waals surface area contributed by atoms with Gasteiger partial charge in [0.05, 0.1) is 0 Å². The topological polar surface area (TPSA) is 21.3 Å². The van der Waals surface area contributed by atoms with Gasteiger partial charge >= 0.3 is 0 Å². The van der Waals surface area contributed by atoms with Crippen molar-refractivity contribution < 1.29 is 4.74 Å². The molecule has 0 saturated carbocycles. The molecule has 0 aliphatic rings. The summed E-state index contributed by atoms with van der Waals surface area (Å²) in [7, 11) is 1.95. The zero-order valence-corrected chi connectivity index (χ0v) is 11.9. The normalized spacial score (nSPS) is 10.5. The summed E-state index contributed by atoms with van der Waals surface area (Å²) in [5.41, 5.74) is 5.02. The minimum absolute atomic E-state index is 0.617. The SMILES string of the molecule is CNCc1cccc(OCc2cc(C)cc(C)c2)c1. The molecule has 2 aromatic carbocycles. The van der Waals surface area contributed by atoms with Crippen molar-refractivity contribution in [3.63, 3.8) is 0 Å². The second-order valence-electron chi connectivity index (χ2n) is 4.96. The molecule has 2 rings (SSSR count). The maximum absolute atomic E-state index is 5.86. The van der Waals surface area contributed by atoms with Crippen LogP contribution < -0.4 is 10.1 Å². The number of aryl methyl sites for hydroxylation is 2. The number of hydrogen-bond donors (Lipinski definition) is 1. The monoisotopic (exact) mass is 255 g/mol. The lowest BCUT2D eigenvalue weighted by molar-refractivity contribution is 0.305. The smallest absolute Gasteiger partial charge is 0.120 e. The Morgan fingerprint density at radius 3 is 2.37 bits per heavy atom. The van der Waals surface area contributed by atoms with Crippen LogP contribution in [0.1, 0.15) is 22.3 Å². The van der Waals surface area contributed by atoms with Crippen molar-refractivity contribution >= 4 is 0 Å². The van der Waals surface area contributed by atoms with E-state index in [9.17, 15) is 0 Å². The molecule has 0 radical (unpaired) electrons. The zero-order valence-electron chi connectivity index (χ0n) is 11.9. The van der Waals surface area contributed by atoms with Gasteiger partial charge in [-0.25, -0.2) is 0 Å². The van der Waals surface area contributed by atoms with Crippen molar-refractivity contribution in [2.75, 3.05) is 7.05 Å². The van der Waals surface area contributed by atoms with Gasteiger partial charge in [0, 0.05) is 6.54 Å². The molecule has 2 aromatic rings. The summed E-state index contributed by atoms with van der Waals surface area (Å²) in [6.07, 6.45) is 0. The fourth-order valence-corrected chi connectivity index (χ4v) is 2.27. The quantitative estimate of drug-likeness (QED) is 0.881. The molecule has 0 bridgehead atoms. The molecule has 100 valence electrons. The first kappa shape index (κ1) is 13.6. The average molecular weight is 255 g/mol. The summed E-state index contributed by atoms with van der Waals surface area (Å²) in [5, 5.41) is 3.14. The lowest BCUT2D eigenvalue weighted by Crippen LogP contribution is -2.05. The minimum atomic E-state index is 0.617. The van der Waals surface area contributed by atoms with Gasteiger partial charge < -0.3 is 10.1 Å². The van der Waals surface area contributed by atoms with E-state index in [1.54, 1.807) is 0 Å². The molecule has 0 aliphatic heterocycles. The fraction of sp³-hybridized carbons (Fsp3) is 0.294. The molecule has 0 aliphatic carbocycles. The Kier molecular flexibility index (Phi) is 4.58. The van der Waals surface area contributed by atoms with Crippen molar-refractivity contribution in [3.05, 3.63) is 64.7 Å². The highest BCUT2D eigenvalue weighted by atomic mass is 16.5. The summed E-state index contributed by atoms with van der Waals surface area (Å²) in [6, 6.07) is 14.7. The maximum atomic E-state index is 5.86. The molecule has 0 aromatic heterocycles. The molecule has 0 unspecified atom stereocenters. The third-order valence-electron chi connectivity index (χ3n) is 2.97. The van der Waals surface area contributed by atoms with E-state index < -0.39 is 0 Å². The van der Waals surface area contributed by atoms with Crippen LogP contribution in [0.4, 0.5) is 0 Å². The second kappa shape index (κ2) is 6.39. The van der Waals surface area contributed by atoms with Crippen LogP contribution in [0.15, 0.2) is 42.5 Å². The van der Waals surface area contributed by atoms with Gasteiger partial charge in [-0.2, -0.15) is 0 Å².